The van der Waals surface area contributed by atoms with E-state index in [-0.39, 0.29) is 0 Å². The monoisotopic (exact) mass is 426 g/mol. The predicted octanol–water partition coefficient (Wildman–Crippen LogP) is 3.81. The molecule has 2 aromatic carbocycles. The molecule has 0 atom stereocenters. The number of nitrogens with zero attached hydrogens (tertiary/aromatic N) is 4. The van der Waals surface area contributed by atoms with E-state index < -0.39 is 10.9 Å². The Hall–Kier alpha value is -3.21. The van der Waals surface area contributed by atoms with Gasteiger partial charge >= 0.3 is 0 Å². The number of hydrogen-bond donors (Lipinski definition) is 4. The SMILES string of the molecule is CN(C)CCNc1nc(NNc2ccc(N=[S-](=O)O)cc2)cc(-c2ccccc2)n1. The smallest absolute Gasteiger partial charge is 0.225 e. The Morgan fingerprint density at radius 3 is 2.43 bits per heavy atom. The fourth-order valence-corrected chi connectivity index (χ4v) is 2.87. The fourth-order valence-electron chi connectivity index (χ4n) is 2.57. The molecule has 3 rings (SSSR count). The van der Waals surface area contributed by atoms with E-state index in [4.69, 9.17) is 4.55 Å². The van der Waals surface area contributed by atoms with Crippen LogP contribution in [0.2, 0.25) is 0 Å². The quantitative estimate of drug-likeness (QED) is 0.232. The summed E-state index contributed by atoms with van der Waals surface area (Å²) in [6, 6.07) is 18.5. The number of likely N-dealkylation sites (N-methyl/N-ethyl adjacent to an activating group) is 1. The highest BCUT2D eigenvalue weighted by molar-refractivity contribution is 7.68. The molecule has 0 aliphatic heterocycles. The van der Waals surface area contributed by atoms with Crippen molar-refractivity contribution in [2.45, 2.75) is 0 Å². The molecule has 4 N–H and O–H groups in total. The van der Waals surface area contributed by atoms with Crippen molar-refractivity contribution in [3.8, 4) is 11.3 Å². The molecule has 0 spiro atoms. The van der Waals surface area contributed by atoms with E-state index in [1.54, 1.807) is 24.3 Å². The molecule has 0 saturated heterocycles. The Labute approximate surface area is 177 Å². The summed E-state index contributed by atoms with van der Waals surface area (Å²) in [6.07, 6.45) is 0. The average molecular weight is 427 g/mol. The maximum atomic E-state index is 10.8. The van der Waals surface area contributed by atoms with Crippen LogP contribution in [-0.4, -0.2) is 46.6 Å². The Morgan fingerprint density at radius 1 is 1.03 bits per heavy atom. The number of benzene rings is 2. The molecule has 0 amide bonds. The molecular weight excluding hydrogens is 402 g/mol. The van der Waals surface area contributed by atoms with Crippen molar-refractivity contribution >= 4 is 34.0 Å². The van der Waals surface area contributed by atoms with Crippen molar-refractivity contribution in [3.63, 3.8) is 0 Å². The Morgan fingerprint density at radius 2 is 1.77 bits per heavy atom. The van der Waals surface area contributed by atoms with E-state index in [0.29, 0.717) is 17.5 Å². The Bertz CT molecular complexity index is 1040. The van der Waals surface area contributed by atoms with E-state index >= 15 is 0 Å². The minimum atomic E-state index is -2.22. The van der Waals surface area contributed by atoms with Crippen molar-refractivity contribution in [2.24, 2.45) is 4.36 Å². The maximum absolute atomic E-state index is 10.8. The Balaban J connectivity index is 1.76. The van der Waals surface area contributed by atoms with E-state index in [1.807, 2.05) is 50.5 Å². The zero-order valence-electron chi connectivity index (χ0n) is 16.7. The molecule has 0 radical (unpaired) electrons. The molecule has 0 fully saturated rings. The normalized spacial score (nSPS) is 12.0. The van der Waals surface area contributed by atoms with Crippen molar-refractivity contribution in [2.75, 3.05) is 43.4 Å². The van der Waals surface area contributed by atoms with Gasteiger partial charge in [0.05, 0.1) is 11.4 Å². The number of anilines is 3. The van der Waals surface area contributed by atoms with E-state index in [0.717, 1.165) is 30.0 Å². The topological polar surface area (TPSA) is 115 Å². The zero-order chi connectivity index (χ0) is 21.3. The number of hydrogen-bond acceptors (Lipinski definition) is 9. The molecule has 0 unspecified atom stereocenters. The number of rotatable bonds is 9. The van der Waals surface area contributed by atoms with E-state index in [1.165, 1.54) is 0 Å². The summed E-state index contributed by atoms with van der Waals surface area (Å²) in [5, 5.41) is 3.25. The van der Waals surface area contributed by atoms with Gasteiger partial charge in [0.15, 0.2) is 5.82 Å². The lowest BCUT2D eigenvalue weighted by Crippen LogP contribution is -2.22. The third-order valence-corrected chi connectivity index (χ3v) is 4.39. The van der Waals surface area contributed by atoms with Gasteiger partial charge in [0.1, 0.15) is 0 Å². The molecule has 0 saturated carbocycles. The van der Waals surface area contributed by atoms with Gasteiger partial charge in [-0.25, -0.2) is 4.98 Å². The van der Waals surface area contributed by atoms with Crippen LogP contribution in [0, 0.1) is 0 Å². The van der Waals surface area contributed by atoms with Gasteiger partial charge in [0.2, 0.25) is 5.95 Å². The number of hydrazine groups is 1. The molecule has 0 aliphatic rings. The van der Waals surface area contributed by atoms with E-state index in [2.05, 4.69) is 35.4 Å². The van der Waals surface area contributed by atoms with Crippen LogP contribution in [0.15, 0.2) is 65.0 Å². The second-order valence-corrected chi connectivity index (χ2v) is 7.32. The lowest BCUT2D eigenvalue weighted by atomic mass is 10.1. The minimum Gasteiger partial charge on any atom is -0.454 e. The largest absolute Gasteiger partial charge is 0.454 e. The molecule has 0 bridgehead atoms. The lowest BCUT2D eigenvalue weighted by Gasteiger charge is -2.14. The molecule has 158 valence electrons. The summed E-state index contributed by atoms with van der Waals surface area (Å²) in [6.45, 7) is 1.57. The van der Waals surface area contributed by atoms with E-state index in [9.17, 15) is 4.21 Å². The van der Waals surface area contributed by atoms with Gasteiger partial charge in [-0.1, -0.05) is 41.2 Å². The highest BCUT2D eigenvalue weighted by Gasteiger charge is 2.07. The first-order valence-corrected chi connectivity index (χ1v) is 10.3. The van der Waals surface area contributed by atoms with Crippen molar-refractivity contribution in [1.82, 2.24) is 14.9 Å². The summed E-state index contributed by atoms with van der Waals surface area (Å²) < 4.78 is 23.1. The maximum Gasteiger partial charge on any atom is 0.225 e. The van der Waals surface area contributed by atoms with Crippen LogP contribution in [0.5, 0.6) is 0 Å². The van der Waals surface area contributed by atoms with Crippen molar-refractivity contribution in [3.05, 3.63) is 60.7 Å². The number of aromatic nitrogens is 2. The second-order valence-electron chi connectivity index (χ2n) is 6.68. The lowest BCUT2D eigenvalue weighted by molar-refractivity contribution is 0.425. The highest BCUT2D eigenvalue weighted by atomic mass is 32.2. The predicted molar refractivity (Wildman–Crippen MR) is 121 cm³/mol. The second kappa shape index (κ2) is 10.5. The van der Waals surface area contributed by atoms with Crippen LogP contribution in [-0.2, 0) is 15.1 Å². The van der Waals surface area contributed by atoms with Crippen LogP contribution in [0.25, 0.3) is 11.3 Å². The standard InChI is InChI=1S/C20H24N7O2S/c1-27(2)13-12-21-20-22-18(15-6-4-3-5-7-15)14-19(23-20)25-24-16-8-10-17(11-9-16)26-30(28)29/h3-11,14,24H,12-13H2,1-2H3,(H,26,28,29)(H2,21,22,23,25)/q-1. The molecule has 30 heavy (non-hydrogen) atoms. The van der Waals surface area contributed by atoms with Crippen LogP contribution < -0.4 is 16.2 Å². The molecule has 1 aromatic heterocycles. The van der Waals surface area contributed by atoms with Crippen molar-refractivity contribution in [1.29, 1.82) is 0 Å². The molecule has 1 heterocycles. The summed E-state index contributed by atoms with van der Waals surface area (Å²) in [5.74, 6) is 1.13. The highest BCUT2D eigenvalue weighted by Crippen LogP contribution is 2.22. The Kier molecular flexibility index (Phi) is 7.55. The van der Waals surface area contributed by atoms with Gasteiger partial charge in [0.25, 0.3) is 0 Å². The van der Waals surface area contributed by atoms with Gasteiger partial charge in [0, 0.05) is 30.4 Å². The van der Waals surface area contributed by atoms with Crippen LogP contribution in [0.3, 0.4) is 0 Å². The first-order valence-electron chi connectivity index (χ1n) is 9.27. The van der Waals surface area contributed by atoms with Gasteiger partial charge in [-0.15, -0.1) is 0 Å². The first kappa shape index (κ1) is 21.5. The molecular formula is C20H24N7O2S-. The van der Waals surface area contributed by atoms with Gasteiger partial charge < -0.3 is 23.3 Å². The average Bonchev–Trinajstić information content (AvgIpc) is 2.73. The summed E-state index contributed by atoms with van der Waals surface area (Å²) >= 11 is 0. The van der Waals surface area contributed by atoms with Crippen molar-refractivity contribution < 1.29 is 8.76 Å². The van der Waals surface area contributed by atoms with Crippen LogP contribution in [0.1, 0.15) is 0 Å². The third kappa shape index (κ3) is 6.69. The van der Waals surface area contributed by atoms with Gasteiger partial charge in [-0.05, 0) is 38.4 Å². The number of nitrogens with one attached hydrogen (secondary N) is 3. The van der Waals surface area contributed by atoms with Gasteiger partial charge in [-0.2, -0.15) is 4.98 Å². The molecule has 9 nitrogen and oxygen atoms in total. The summed E-state index contributed by atoms with van der Waals surface area (Å²) in [7, 11) is 1.80. The molecule has 0 aliphatic carbocycles. The van der Waals surface area contributed by atoms with Crippen LogP contribution in [0.4, 0.5) is 23.1 Å². The third-order valence-electron chi connectivity index (χ3n) is 4.02. The summed E-state index contributed by atoms with van der Waals surface area (Å²) in [4.78, 5) is 11.2. The first-order chi connectivity index (χ1) is 14.5. The molecule has 10 heteroatoms. The molecule has 3 aromatic rings. The zero-order valence-corrected chi connectivity index (χ0v) is 17.6. The summed E-state index contributed by atoms with van der Waals surface area (Å²) in [5.41, 5.74) is 9.09. The fraction of sp³-hybridized carbons (Fsp3) is 0.200. The minimum absolute atomic E-state index is 0.419. The van der Waals surface area contributed by atoms with Gasteiger partial charge in [-0.3, -0.25) is 10.9 Å². The van der Waals surface area contributed by atoms with Crippen LogP contribution >= 0.6 is 0 Å².